The zero-order valence-electron chi connectivity index (χ0n) is 74.6. The van der Waals surface area contributed by atoms with E-state index in [-0.39, 0.29) is 66.8 Å². The van der Waals surface area contributed by atoms with E-state index in [1.165, 1.54) is 279 Å². The fourth-order valence-corrected chi connectivity index (χ4v) is 15.8. The summed E-state index contributed by atoms with van der Waals surface area (Å²) in [6.45, 7) is -4.31. The van der Waals surface area contributed by atoms with Crippen molar-refractivity contribution in [1.82, 2.24) is 0 Å². The second-order valence-electron chi connectivity index (χ2n) is 32.2. The van der Waals surface area contributed by atoms with Gasteiger partial charge in [-0.05, 0) is 146 Å². The van der Waals surface area contributed by atoms with Crippen LogP contribution in [0.15, 0.2) is 364 Å². The molecule has 141 heavy (non-hydrogen) atoms. The van der Waals surface area contributed by atoms with Crippen LogP contribution in [-0.2, 0) is 90.0 Å². The first kappa shape index (κ1) is 98.0. The quantitative estimate of drug-likeness (QED) is 0.0279. The Kier molecular flexibility index (Phi) is 32.9. The van der Waals surface area contributed by atoms with Crippen LogP contribution in [0.2, 0.25) is 0 Å². The molecule has 0 aromatic heterocycles. The van der Waals surface area contributed by atoms with Gasteiger partial charge in [-0.1, -0.05) is 218 Å². The monoisotopic (exact) mass is 1910 g/mol. The summed E-state index contributed by atoms with van der Waals surface area (Å²) in [5.41, 5.74) is -1.19. The summed E-state index contributed by atoms with van der Waals surface area (Å²) >= 11 is 0. The third kappa shape index (κ3) is 24.7. The molecule has 33 heteroatoms. The number of hydrogen-bond donors (Lipinski definition) is 2. The Morgan fingerprint density at radius 2 is 0.312 bits per heavy atom. The Hall–Kier alpha value is -16.1. The number of benzene rings is 12. The first-order chi connectivity index (χ1) is 68.8. The van der Waals surface area contributed by atoms with Gasteiger partial charge in [-0.15, -0.1) is 0 Å². The molecule has 16 rings (SSSR count). The highest BCUT2D eigenvalue weighted by Gasteiger charge is 2.60. The lowest BCUT2D eigenvalue weighted by atomic mass is 9.96. The van der Waals surface area contributed by atoms with Gasteiger partial charge >= 0.3 is 71.6 Å². The van der Waals surface area contributed by atoms with Gasteiger partial charge in [0.2, 0.25) is 0 Å². The molecule has 33 nitrogen and oxygen atoms in total. The molecule has 4 fully saturated rings. The average molecular weight is 1920 g/mol. The van der Waals surface area contributed by atoms with Gasteiger partial charge in [0.1, 0.15) is 24.4 Å². The smallest absolute Gasteiger partial charge is 0.338 e. The Labute approximate surface area is 805 Å². The number of rotatable bonds is 34. The molecule has 720 valence electrons. The van der Waals surface area contributed by atoms with E-state index >= 15 is 28.8 Å². The Bertz CT molecular complexity index is 6230. The molecule has 0 bridgehead atoms. The van der Waals surface area contributed by atoms with Crippen LogP contribution < -0.4 is 0 Å². The van der Waals surface area contributed by atoms with E-state index in [9.17, 15) is 39.0 Å². The molecule has 0 spiro atoms. The minimum atomic E-state index is -2.32. The van der Waals surface area contributed by atoms with Crippen molar-refractivity contribution in [3.05, 3.63) is 431 Å². The van der Waals surface area contributed by atoms with Crippen molar-refractivity contribution in [2.75, 3.05) is 26.4 Å². The van der Waals surface area contributed by atoms with Gasteiger partial charge in [0.05, 0.1) is 93.2 Å². The van der Waals surface area contributed by atoms with Gasteiger partial charge in [-0.25, -0.2) is 57.5 Å². The summed E-state index contributed by atoms with van der Waals surface area (Å²) in [5, 5.41) is 24.0. The fraction of sp³-hybridized carbons (Fsp3) is 0.222. The zero-order chi connectivity index (χ0) is 98.1. The SMILES string of the molecule is O=C(O[C@@H]1[C@@H](OC(=O)c2ccccc2)[C@H](OC[C@H]2O[C@@H](OC[C@H]3O[C@@H](OC[C@H]4OC(O)[C@H](OC(=O)c5ccccc5)[C@@H](OC(=O)c5ccccc5)[C@@H]4OC(=O)c4ccccc4)[C@H](OC(=O)c4ccccc4)[C@@H](OC(=O)c4ccccc4)[C@@H]3OC(=O)c3ccccc3)[C@H](OC(=O)c3ccccc3)[C@@H](OC(=O)c3ccccc3)[C@@H]2OC(=O)c2ccccc2)O[C@H](CO)[C@H]1OC(=O)c1ccccc1)c1ccccc1. The highest BCUT2D eigenvalue weighted by molar-refractivity contribution is 5.96. The summed E-state index contributed by atoms with van der Waals surface area (Å²) in [4.78, 5) is 179. The molecule has 0 radical (unpaired) electrons. The third-order valence-electron chi connectivity index (χ3n) is 22.9. The average Bonchev–Trinajstić information content (AvgIpc) is 0.764. The van der Waals surface area contributed by atoms with Gasteiger partial charge in [0.15, 0.2) is 98.4 Å². The molecular weight excluding hydrogens is 1830 g/mol. The van der Waals surface area contributed by atoms with Crippen LogP contribution in [-0.4, -0.2) is 231 Å². The van der Waals surface area contributed by atoms with E-state index in [1.807, 2.05) is 0 Å². The van der Waals surface area contributed by atoms with Crippen LogP contribution in [0.25, 0.3) is 0 Å². The Morgan fingerprint density at radius 3 is 0.489 bits per heavy atom. The van der Waals surface area contributed by atoms with Crippen molar-refractivity contribution in [3.8, 4) is 0 Å². The number of aliphatic hydroxyl groups is 2. The topological polar surface area (TPSA) is 421 Å². The molecule has 4 heterocycles. The van der Waals surface area contributed by atoms with Crippen LogP contribution in [0.5, 0.6) is 0 Å². The number of aliphatic hydroxyl groups excluding tert-OH is 2. The fourth-order valence-electron chi connectivity index (χ4n) is 15.8. The predicted molar refractivity (Wildman–Crippen MR) is 490 cm³/mol. The summed E-state index contributed by atoms with van der Waals surface area (Å²) in [6, 6.07) is 88.8. The lowest BCUT2D eigenvalue weighted by Crippen LogP contribution is -2.66. The number of esters is 12. The molecule has 1 unspecified atom stereocenters. The molecule has 4 aliphatic heterocycles. The van der Waals surface area contributed by atoms with Crippen LogP contribution in [0.3, 0.4) is 0 Å². The summed E-state index contributed by atoms with van der Waals surface area (Å²) in [5.74, 6) is -13.5. The largest absolute Gasteiger partial charge is 0.452 e. The number of carbonyl (C=O) groups excluding carboxylic acids is 12. The van der Waals surface area contributed by atoms with Crippen LogP contribution >= 0.6 is 0 Å². The Morgan fingerprint density at radius 1 is 0.177 bits per heavy atom. The molecular formula is C108H90O33. The first-order valence-corrected chi connectivity index (χ1v) is 44.7. The normalized spacial score (nSPS) is 24.0. The lowest BCUT2D eigenvalue weighted by Gasteiger charge is -2.47. The second kappa shape index (κ2) is 47.3. The minimum absolute atomic E-state index is 0.0197. The van der Waals surface area contributed by atoms with Crippen molar-refractivity contribution in [2.45, 2.75) is 123 Å². The highest BCUT2D eigenvalue weighted by Crippen LogP contribution is 2.40. The second-order valence-corrected chi connectivity index (χ2v) is 32.2. The van der Waals surface area contributed by atoms with Gasteiger partial charge in [-0.3, -0.25) is 0 Å². The molecule has 4 aliphatic rings. The van der Waals surface area contributed by atoms with E-state index in [0.717, 1.165) is 0 Å². The van der Waals surface area contributed by atoms with E-state index in [0.29, 0.717) is 0 Å². The van der Waals surface area contributed by atoms with E-state index in [2.05, 4.69) is 0 Å². The van der Waals surface area contributed by atoms with E-state index in [1.54, 1.807) is 84.9 Å². The van der Waals surface area contributed by atoms with E-state index < -0.39 is 221 Å². The number of ether oxygens (including phenoxy) is 19. The molecule has 4 saturated heterocycles. The summed E-state index contributed by atoms with van der Waals surface area (Å²) < 4.78 is 124. The number of hydrogen-bond acceptors (Lipinski definition) is 33. The first-order valence-electron chi connectivity index (χ1n) is 44.7. The third-order valence-corrected chi connectivity index (χ3v) is 22.9. The maximum Gasteiger partial charge on any atom is 0.338 e. The van der Waals surface area contributed by atoms with Gasteiger partial charge < -0.3 is 100 Å². The van der Waals surface area contributed by atoms with Gasteiger partial charge in [0.25, 0.3) is 0 Å². The summed E-state index contributed by atoms with van der Waals surface area (Å²) in [7, 11) is 0. The zero-order valence-corrected chi connectivity index (χ0v) is 74.6. The molecule has 12 aromatic rings. The lowest BCUT2D eigenvalue weighted by molar-refractivity contribution is -0.343. The number of carbonyl (C=O) groups is 12. The molecule has 2 N–H and O–H groups in total. The van der Waals surface area contributed by atoms with Crippen LogP contribution in [0.4, 0.5) is 0 Å². The van der Waals surface area contributed by atoms with Crippen molar-refractivity contribution >= 4 is 71.6 Å². The molecule has 0 saturated carbocycles. The standard InChI is InChI=1S/C108H90O33/c109-61-77-81(130-93(110)65-37-13-1-14-38-65)86(135-98(115)70-47-23-6-24-48-70)90(139-102(119)74-55-31-10-32-56-74)106(127-77)124-63-79-83(132-95(112)67-41-17-3-18-42-67)88(137-100(117)72-51-27-8-28-52-72)92(141-104(121)76-59-35-12-36-60-76)108(129-79)125-64-80-84(133-96(113)68-43-19-4-20-44-68)87(136-99(116)71-49-25-7-26-50-71)91(140-103(120)75-57-33-11-34-58-75)107(128-80)123-62-78-82(131-94(111)66-39-15-2-16-40-66)85(134-97(114)69-45-21-5-22-46-69)89(105(122)126-78)138-101(118)73-53-29-9-30-54-73/h1-60,77-92,105-109,122H,61-64H2/t77-,78-,79-,80-,81-,82-,83-,84-,85+,86+,87+,88+,89-,90-,91-,92-,105?,106-,107-,108-/m1/s1. The van der Waals surface area contributed by atoms with Crippen molar-refractivity contribution < 1.29 is 158 Å². The van der Waals surface area contributed by atoms with E-state index in [4.69, 9.17) is 90.0 Å². The van der Waals surface area contributed by atoms with Crippen molar-refractivity contribution in [3.63, 3.8) is 0 Å². The van der Waals surface area contributed by atoms with Gasteiger partial charge in [0, 0.05) is 0 Å². The van der Waals surface area contributed by atoms with Crippen LogP contribution in [0, 0.1) is 0 Å². The van der Waals surface area contributed by atoms with Gasteiger partial charge in [-0.2, -0.15) is 0 Å². The van der Waals surface area contributed by atoms with Crippen LogP contribution in [0.1, 0.15) is 124 Å². The minimum Gasteiger partial charge on any atom is -0.452 e. The molecule has 20 atom stereocenters. The highest BCUT2D eigenvalue weighted by atomic mass is 16.8. The Balaban J connectivity index is 0.837. The molecule has 12 aromatic carbocycles. The molecule has 0 aliphatic carbocycles. The molecule has 0 amide bonds. The van der Waals surface area contributed by atoms with Crippen molar-refractivity contribution in [1.29, 1.82) is 0 Å². The summed E-state index contributed by atoms with van der Waals surface area (Å²) in [6.07, 6.45) is -42.1. The predicted octanol–water partition coefficient (Wildman–Crippen LogP) is 12.6. The maximum atomic E-state index is 15.4. The maximum absolute atomic E-state index is 15.4. The van der Waals surface area contributed by atoms with Crippen molar-refractivity contribution in [2.24, 2.45) is 0 Å².